The number of aromatic amines is 1. The van der Waals surface area contributed by atoms with Gasteiger partial charge in [0.15, 0.2) is 11.5 Å². The van der Waals surface area contributed by atoms with Gasteiger partial charge < -0.3 is 14.9 Å². The molecule has 0 spiro atoms. The molecule has 31 heavy (non-hydrogen) atoms. The fourth-order valence-corrected chi connectivity index (χ4v) is 4.60. The van der Waals surface area contributed by atoms with E-state index in [0.717, 1.165) is 32.4 Å². The summed E-state index contributed by atoms with van der Waals surface area (Å²) < 4.78 is 43.8. The summed E-state index contributed by atoms with van der Waals surface area (Å²) in [5.74, 6) is 1.02. The first-order chi connectivity index (χ1) is 14.9. The van der Waals surface area contributed by atoms with E-state index in [0.29, 0.717) is 39.9 Å². The second-order valence-corrected chi connectivity index (χ2v) is 8.41. The first kappa shape index (κ1) is 20.3. The number of H-pyrrole nitrogens is 1. The van der Waals surface area contributed by atoms with Crippen LogP contribution in [-0.4, -0.2) is 32.6 Å². The Labute approximate surface area is 181 Å². The Balaban J connectivity index is 1.75. The molecular formula is C22H21ClF3N5. The number of aromatic nitrogens is 4. The number of nitrogens with one attached hydrogen (secondary N) is 2. The fraction of sp³-hybridized carbons (Fsp3) is 0.364. The molecule has 4 heterocycles. The third-order valence-electron chi connectivity index (χ3n) is 5.97. The van der Waals surface area contributed by atoms with Gasteiger partial charge in [0, 0.05) is 23.2 Å². The van der Waals surface area contributed by atoms with E-state index in [1.165, 1.54) is 6.07 Å². The van der Waals surface area contributed by atoms with Crippen LogP contribution >= 0.6 is 11.6 Å². The number of hydrogen-bond donors (Lipinski definition) is 2. The minimum atomic E-state index is -4.63. The van der Waals surface area contributed by atoms with Crippen molar-refractivity contribution in [1.82, 2.24) is 24.8 Å². The number of fused-ring (bicyclic) bond motifs is 3. The molecule has 162 valence electrons. The van der Waals surface area contributed by atoms with Crippen molar-refractivity contribution < 1.29 is 13.2 Å². The van der Waals surface area contributed by atoms with Crippen LogP contribution in [0.5, 0.6) is 0 Å². The van der Waals surface area contributed by atoms with E-state index in [4.69, 9.17) is 11.6 Å². The lowest BCUT2D eigenvalue weighted by Gasteiger charge is -2.23. The van der Waals surface area contributed by atoms with Gasteiger partial charge in [-0.3, -0.25) is 0 Å². The summed E-state index contributed by atoms with van der Waals surface area (Å²) in [6, 6.07) is 8.52. The molecule has 5 rings (SSSR count). The lowest BCUT2D eigenvalue weighted by molar-refractivity contribution is -0.139. The van der Waals surface area contributed by atoms with Gasteiger partial charge in [0.1, 0.15) is 5.52 Å². The third-order valence-corrected chi connectivity index (χ3v) is 6.20. The Morgan fingerprint density at radius 2 is 1.94 bits per heavy atom. The molecule has 1 aliphatic rings. The van der Waals surface area contributed by atoms with Crippen LogP contribution in [0.25, 0.3) is 33.5 Å². The zero-order valence-electron chi connectivity index (χ0n) is 16.6. The molecule has 0 amide bonds. The Bertz CT molecular complexity index is 1220. The molecule has 1 aliphatic heterocycles. The van der Waals surface area contributed by atoms with E-state index in [1.807, 2.05) is 16.7 Å². The molecule has 0 unspecified atom stereocenters. The van der Waals surface area contributed by atoms with Crippen molar-refractivity contribution in [2.24, 2.45) is 5.92 Å². The summed E-state index contributed by atoms with van der Waals surface area (Å²) in [7, 11) is 0. The van der Waals surface area contributed by atoms with Gasteiger partial charge in [-0.2, -0.15) is 13.2 Å². The largest absolute Gasteiger partial charge is 0.435 e. The van der Waals surface area contributed by atoms with E-state index in [-0.39, 0.29) is 11.0 Å². The lowest BCUT2D eigenvalue weighted by Crippen LogP contribution is -2.28. The predicted molar refractivity (Wildman–Crippen MR) is 115 cm³/mol. The number of nitrogens with zero attached hydrogens (tertiary/aromatic N) is 3. The molecule has 1 saturated heterocycles. The van der Waals surface area contributed by atoms with Crippen LogP contribution in [0.4, 0.5) is 13.2 Å². The zero-order chi connectivity index (χ0) is 21.6. The van der Waals surface area contributed by atoms with Gasteiger partial charge in [0.2, 0.25) is 0 Å². The highest BCUT2D eigenvalue weighted by molar-refractivity contribution is 6.31. The Morgan fingerprint density at radius 1 is 1.13 bits per heavy atom. The summed E-state index contributed by atoms with van der Waals surface area (Å²) in [5.41, 5.74) is 0.237. The van der Waals surface area contributed by atoms with Crippen LogP contribution in [0.1, 0.15) is 25.0 Å². The second-order valence-electron chi connectivity index (χ2n) is 7.97. The van der Waals surface area contributed by atoms with Crippen molar-refractivity contribution in [1.29, 1.82) is 0 Å². The molecule has 9 heteroatoms. The monoisotopic (exact) mass is 447 g/mol. The molecule has 0 aliphatic carbocycles. The highest BCUT2D eigenvalue weighted by Gasteiger charge is 2.37. The van der Waals surface area contributed by atoms with Crippen LogP contribution in [-0.2, 0) is 12.7 Å². The minimum absolute atomic E-state index is 0.128. The van der Waals surface area contributed by atoms with Gasteiger partial charge in [0.05, 0.1) is 16.7 Å². The quantitative estimate of drug-likeness (QED) is 0.425. The van der Waals surface area contributed by atoms with Gasteiger partial charge in [0.25, 0.3) is 0 Å². The van der Waals surface area contributed by atoms with Crippen LogP contribution in [0, 0.1) is 5.92 Å². The molecule has 0 saturated carbocycles. The number of hydrogen-bond acceptors (Lipinski definition) is 3. The van der Waals surface area contributed by atoms with E-state index < -0.39 is 11.9 Å². The van der Waals surface area contributed by atoms with Crippen molar-refractivity contribution in [3.8, 4) is 11.5 Å². The number of halogens is 4. The predicted octanol–water partition coefficient (Wildman–Crippen LogP) is 5.64. The van der Waals surface area contributed by atoms with Crippen molar-refractivity contribution >= 4 is 33.5 Å². The minimum Gasteiger partial charge on any atom is -0.359 e. The number of imidazole rings is 1. The third kappa shape index (κ3) is 3.78. The molecule has 0 radical (unpaired) electrons. The number of pyridine rings is 1. The molecule has 5 nitrogen and oxygen atoms in total. The van der Waals surface area contributed by atoms with Gasteiger partial charge in [-0.1, -0.05) is 11.6 Å². The standard InChI is InChI=1S/C22H21ClF3N5/c23-14-3-4-15-17(12-14)29-20(22(24,25)26)18-19(15)31(11-7-13-5-9-27-10-6-13)21(30-18)16-2-1-8-28-16/h1-4,8,12-13,27-28H,5-7,9-11H2. The first-order valence-electron chi connectivity index (χ1n) is 10.3. The molecule has 1 aromatic carbocycles. The summed E-state index contributed by atoms with van der Waals surface area (Å²) in [4.78, 5) is 11.5. The van der Waals surface area contributed by atoms with E-state index in [9.17, 15) is 13.2 Å². The highest BCUT2D eigenvalue weighted by Crippen LogP contribution is 2.39. The summed E-state index contributed by atoms with van der Waals surface area (Å²) in [5, 5.41) is 4.31. The number of alkyl halides is 3. The van der Waals surface area contributed by atoms with Crippen molar-refractivity contribution in [2.75, 3.05) is 13.1 Å². The van der Waals surface area contributed by atoms with E-state index in [2.05, 4.69) is 20.3 Å². The molecule has 0 bridgehead atoms. The lowest BCUT2D eigenvalue weighted by atomic mass is 9.94. The van der Waals surface area contributed by atoms with Gasteiger partial charge in [-0.05, 0) is 68.6 Å². The molecule has 3 aromatic heterocycles. The average molecular weight is 448 g/mol. The number of piperidine rings is 1. The van der Waals surface area contributed by atoms with Crippen LogP contribution in [0.3, 0.4) is 0 Å². The summed E-state index contributed by atoms with van der Waals surface area (Å²) in [6.45, 7) is 2.53. The van der Waals surface area contributed by atoms with Gasteiger partial charge in [-0.25, -0.2) is 9.97 Å². The van der Waals surface area contributed by atoms with Crippen molar-refractivity contribution in [3.05, 3.63) is 47.2 Å². The zero-order valence-corrected chi connectivity index (χ0v) is 17.4. The Hall–Kier alpha value is -2.58. The molecular weight excluding hydrogens is 427 g/mol. The fourth-order valence-electron chi connectivity index (χ4n) is 4.43. The normalized spacial score (nSPS) is 15.9. The van der Waals surface area contributed by atoms with Crippen molar-refractivity contribution in [3.63, 3.8) is 0 Å². The summed E-state index contributed by atoms with van der Waals surface area (Å²) in [6.07, 6.45) is 0.120. The molecule has 4 aromatic rings. The maximum Gasteiger partial charge on any atom is 0.435 e. The molecule has 1 fully saturated rings. The second kappa shape index (κ2) is 7.84. The average Bonchev–Trinajstić information content (AvgIpc) is 3.39. The number of rotatable bonds is 4. The smallest absolute Gasteiger partial charge is 0.359 e. The summed E-state index contributed by atoms with van der Waals surface area (Å²) >= 11 is 6.07. The first-order valence-corrected chi connectivity index (χ1v) is 10.7. The van der Waals surface area contributed by atoms with E-state index in [1.54, 1.807) is 18.3 Å². The van der Waals surface area contributed by atoms with E-state index >= 15 is 0 Å². The Morgan fingerprint density at radius 3 is 2.65 bits per heavy atom. The van der Waals surface area contributed by atoms with Gasteiger partial charge in [-0.15, -0.1) is 0 Å². The van der Waals surface area contributed by atoms with Crippen molar-refractivity contribution in [2.45, 2.75) is 32.0 Å². The topological polar surface area (TPSA) is 58.5 Å². The SMILES string of the molecule is FC(F)(F)c1nc2cc(Cl)ccc2c2c1nc(-c1ccc[nH]1)n2CCC1CCNCC1. The highest BCUT2D eigenvalue weighted by atomic mass is 35.5. The van der Waals surface area contributed by atoms with Crippen LogP contribution < -0.4 is 5.32 Å². The maximum absolute atomic E-state index is 13.9. The number of aryl methyl sites for hydroxylation is 1. The Kier molecular flexibility index (Phi) is 5.14. The molecule has 0 atom stereocenters. The van der Waals surface area contributed by atoms with Crippen LogP contribution in [0.2, 0.25) is 5.02 Å². The van der Waals surface area contributed by atoms with Gasteiger partial charge >= 0.3 is 6.18 Å². The maximum atomic E-state index is 13.9. The molecule has 2 N–H and O–H groups in total. The van der Waals surface area contributed by atoms with Crippen LogP contribution in [0.15, 0.2) is 36.5 Å². The number of benzene rings is 1.